The molecule has 5 rings (SSSR count). The van der Waals surface area contributed by atoms with Crippen LogP contribution in [-0.4, -0.2) is 24.3 Å². The molecule has 5 aliphatic rings. The minimum absolute atomic E-state index is 0.237. The Balaban J connectivity index is 1.58. The Kier molecular flexibility index (Phi) is 3.78. The Morgan fingerprint density at radius 3 is 2.42 bits per heavy atom. The third-order valence-electron chi connectivity index (χ3n) is 9.44. The van der Waals surface area contributed by atoms with Crippen LogP contribution in [0.4, 0.5) is 0 Å². The van der Waals surface area contributed by atoms with Gasteiger partial charge in [0.15, 0.2) is 5.79 Å². The van der Waals surface area contributed by atoms with E-state index in [4.69, 9.17) is 9.47 Å². The van der Waals surface area contributed by atoms with Crippen molar-refractivity contribution in [2.45, 2.75) is 97.1 Å². The van der Waals surface area contributed by atoms with E-state index in [9.17, 15) is 4.79 Å². The maximum absolute atomic E-state index is 11.6. The van der Waals surface area contributed by atoms with Gasteiger partial charge in [-0.1, -0.05) is 26.7 Å². The van der Waals surface area contributed by atoms with Crippen molar-refractivity contribution in [2.75, 3.05) is 0 Å². The van der Waals surface area contributed by atoms with E-state index in [0.717, 1.165) is 18.8 Å². The summed E-state index contributed by atoms with van der Waals surface area (Å²) in [7, 11) is 0. The summed E-state index contributed by atoms with van der Waals surface area (Å²) >= 11 is 0. The number of carbonyl (C=O) groups excluding carboxylic acids is 1. The summed E-state index contributed by atoms with van der Waals surface area (Å²) < 4.78 is 13.2. The second kappa shape index (κ2) is 5.56. The Hall–Kier alpha value is -0.410. The number of ether oxygens (including phenoxy) is 2. The fraction of sp³-hybridized carbons (Fsp3) is 0.957. The minimum atomic E-state index is -0.459. The molecule has 0 aromatic heterocycles. The predicted octanol–water partition coefficient (Wildman–Crippen LogP) is 4.97. The van der Waals surface area contributed by atoms with E-state index in [0.29, 0.717) is 28.6 Å². The number of carbonyl (C=O) groups is 1. The lowest BCUT2D eigenvalue weighted by Gasteiger charge is -2.62. The lowest BCUT2D eigenvalue weighted by atomic mass is 9.44. The maximum Gasteiger partial charge on any atom is 0.163 e. The monoisotopic (exact) mass is 360 g/mol. The zero-order chi connectivity index (χ0) is 18.3. The molecule has 26 heavy (non-hydrogen) atoms. The van der Waals surface area contributed by atoms with Gasteiger partial charge in [-0.15, -0.1) is 0 Å². The predicted molar refractivity (Wildman–Crippen MR) is 100 cm³/mol. The third-order valence-corrected chi connectivity index (χ3v) is 9.44. The molecule has 0 aromatic carbocycles. The van der Waals surface area contributed by atoms with Gasteiger partial charge in [0.05, 0.1) is 12.2 Å². The van der Waals surface area contributed by atoms with E-state index < -0.39 is 5.79 Å². The molecular weight excluding hydrogens is 324 g/mol. The van der Waals surface area contributed by atoms with Gasteiger partial charge in [0, 0.05) is 5.92 Å². The van der Waals surface area contributed by atoms with Crippen molar-refractivity contribution < 1.29 is 14.3 Å². The van der Waals surface area contributed by atoms with E-state index in [2.05, 4.69) is 27.7 Å². The van der Waals surface area contributed by atoms with E-state index in [1.165, 1.54) is 44.8 Å². The summed E-state index contributed by atoms with van der Waals surface area (Å²) in [5, 5.41) is 0. The van der Waals surface area contributed by atoms with Crippen molar-refractivity contribution in [3.05, 3.63) is 0 Å². The van der Waals surface area contributed by atoms with Crippen LogP contribution in [0.15, 0.2) is 0 Å². The van der Waals surface area contributed by atoms with Gasteiger partial charge in [0.1, 0.15) is 6.29 Å². The molecule has 0 bridgehead atoms. The number of aldehydes is 1. The number of fused-ring (bicyclic) bond motifs is 8. The van der Waals surface area contributed by atoms with Gasteiger partial charge in [0.2, 0.25) is 0 Å². The van der Waals surface area contributed by atoms with E-state index in [1.54, 1.807) is 0 Å². The fourth-order valence-corrected chi connectivity index (χ4v) is 8.45. The molecule has 3 nitrogen and oxygen atoms in total. The van der Waals surface area contributed by atoms with Crippen LogP contribution in [0.3, 0.4) is 0 Å². The fourth-order valence-electron chi connectivity index (χ4n) is 8.45. The average molecular weight is 361 g/mol. The Morgan fingerprint density at radius 1 is 0.885 bits per heavy atom. The molecule has 5 fully saturated rings. The molecule has 3 heteroatoms. The number of rotatable bonds is 1. The van der Waals surface area contributed by atoms with Gasteiger partial charge in [-0.05, 0) is 86.9 Å². The minimum Gasteiger partial charge on any atom is -0.344 e. The molecular formula is C23H36O3. The van der Waals surface area contributed by atoms with Crippen LogP contribution in [-0.2, 0) is 14.3 Å². The highest BCUT2D eigenvalue weighted by Crippen LogP contribution is 2.68. The topological polar surface area (TPSA) is 35.5 Å². The Labute approximate surface area is 158 Å². The number of hydrogen-bond acceptors (Lipinski definition) is 3. The SMILES string of the molecule is CC1(C)O[C@@H]2C3C4CC(C=O)C[C@@]4(C)CCC3[C@@]3(C)CCCCC3[C@H]2O1. The summed E-state index contributed by atoms with van der Waals surface area (Å²) in [6.45, 7) is 9.24. The quantitative estimate of drug-likeness (QED) is 0.619. The molecule has 0 aromatic rings. The standard InChI is InChI=1S/C23H36O3/c1-21(2)25-19-16-7-5-6-9-23(16,4)15-8-10-22(3)12-14(13-24)11-17(22)18(15)20(19)26-21/h13-20H,5-12H2,1-4H3/t14?,15?,16?,17?,18?,19-,20-,22-,23-/m1/s1. The van der Waals surface area contributed by atoms with Crippen molar-refractivity contribution in [2.24, 2.45) is 40.4 Å². The normalized spacial score (nSPS) is 57.6. The van der Waals surface area contributed by atoms with Gasteiger partial charge in [0.25, 0.3) is 0 Å². The molecule has 4 aliphatic carbocycles. The molecule has 4 saturated carbocycles. The molecule has 1 heterocycles. The smallest absolute Gasteiger partial charge is 0.163 e. The first-order valence-electron chi connectivity index (χ1n) is 11.1. The van der Waals surface area contributed by atoms with Crippen LogP contribution in [0.2, 0.25) is 0 Å². The van der Waals surface area contributed by atoms with Gasteiger partial charge in [-0.2, -0.15) is 0 Å². The summed E-state index contributed by atoms with van der Waals surface area (Å²) in [5.74, 6) is 2.39. The van der Waals surface area contributed by atoms with Gasteiger partial charge >= 0.3 is 0 Å². The molecule has 1 aliphatic heterocycles. The van der Waals surface area contributed by atoms with Gasteiger partial charge in [-0.25, -0.2) is 0 Å². The zero-order valence-corrected chi connectivity index (χ0v) is 17.0. The zero-order valence-electron chi connectivity index (χ0n) is 17.0. The first-order chi connectivity index (χ1) is 12.3. The van der Waals surface area contributed by atoms with Crippen molar-refractivity contribution in [1.29, 1.82) is 0 Å². The Bertz CT molecular complexity index is 600. The summed E-state index contributed by atoms with van der Waals surface area (Å²) in [5.41, 5.74) is 0.722. The lowest BCUT2D eigenvalue weighted by molar-refractivity contribution is -0.175. The van der Waals surface area contributed by atoms with Crippen molar-refractivity contribution in [3.8, 4) is 0 Å². The molecule has 5 unspecified atom stereocenters. The molecule has 0 amide bonds. The highest BCUT2D eigenvalue weighted by molar-refractivity contribution is 5.54. The van der Waals surface area contributed by atoms with Crippen molar-refractivity contribution in [1.82, 2.24) is 0 Å². The summed E-state index contributed by atoms with van der Waals surface area (Å²) in [4.78, 5) is 11.6. The second-order valence-corrected chi connectivity index (χ2v) is 11.2. The first kappa shape index (κ1) is 17.7. The second-order valence-electron chi connectivity index (χ2n) is 11.2. The van der Waals surface area contributed by atoms with Crippen LogP contribution < -0.4 is 0 Å². The highest BCUT2D eigenvalue weighted by Gasteiger charge is 2.67. The number of hydrogen-bond donors (Lipinski definition) is 0. The van der Waals surface area contributed by atoms with Gasteiger partial charge < -0.3 is 14.3 Å². The van der Waals surface area contributed by atoms with Crippen LogP contribution in [0.5, 0.6) is 0 Å². The lowest BCUT2D eigenvalue weighted by Crippen LogP contribution is -2.62. The maximum atomic E-state index is 11.6. The molecule has 0 spiro atoms. The average Bonchev–Trinajstić information content (AvgIpc) is 3.09. The van der Waals surface area contributed by atoms with Crippen LogP contribution in [0.1, 0.15) is 79.1 Å². The first-order valence-corrected chi connectivity index (χ1v) is 11.1. The van der Waals surface area contributed by atoms with E-state index in [1.807, 2.05) is 0 Å². The molecule has 146 valence electrons. The molecule has 1 saturated heterocycles. The van der Waals surface area contributed by atoms with Crippen LogP contribution in [0.25, 0.3) is 0 Å². The van der Waals surface area contributed by atoms with E-state index in [-0.39, 0.29) is 18.1 Å². The summed E-state index contributed by atoms with van der Waals surface area (Å²) in [6.07, 6.45) is 11.9. The van der Waals surface area contributed by atoms with Crippen LogP contribution >= 0.6 is 0 Å². The van der Waals surface area contributed by atoms with Crippen LogP contribution in [0, 0.1) is 40.4 Å². The third kappa shape index (κ3) is 2.28. The van der Waals surface area contributed by atoms with Crippen molar-refractivity contribution in [3.63, 3.8) is 0 Å². The Morgan fingerprint density at radius 2 is 1.65 bits per heavy atom. The summed E-state index contributed by atoms with van der Waals surface area (Å²) in [6, 6.07) is 0. The van der Waals surface area contributed by atoms with E-state index >= 15 is 0 Å². The molecule has 9 atom stereocenters. The van der Waals surface area contributed by atoms with Gasteiger partial charge in [-0.3, -0.25) is 0 Å². The molecule has 0 N–H and O–H groups in total. The molecule has 0 radical (unpaired) electrons. The largest absolute Gasteiger partial charge is 0.344 e. The highest BCUT2D eigenvalue weighted by atomic mass is 16.8. The van der Waals surface area contributed by atoms with Crippen molar-refractivity contribution >= 4 is 6.29 Å².